The van der Waals surface area contributed by atoms with Crippen molar-refractivity contribution >= 4 is 0 Å². The Morgan fingerprint density at radius 3 is 2.06 bits per heavy atom. The van der Waals surface area contributed by atoms with Crippen LogP contribution in [0.3, 0.4) is 0 Å². The summed E-state index contributed by atoms with van der Waals surface area (Å²) >= 11 is 0. The van der Waals surface area contributed by atoms with Crippen LogP contribution < -0.4 is 28.3 Å². The monoisotopic (exact) mass is 481 g/mol. The summed E-state index contributed by atoms with van der Waals surface area (Å²) in [5.41, 5.74) is 22.6. The molecule has 0 aromatic carbocycles. The average Bonchev–Trinajstić information content (AvgIpc) is 2.75. The van der Waals surface area contributed by atoms with E-state index in [2.05, 4.69) is 5.32 Å². The molecule has 0 aromatic heterocycles. The number of likely N-dealkylation sites (N-methyl/N-ethyl adjacent to an activating group) is 1. The van der Waals surface area contributed by atoms with Gasteiger partial charge in [0, 0.05) is 18.6 Å². The van der Waals surface area contributed by atoms with Crippen molar-refractivity contribution in [1.82, 2.24) is 5.32 Å². The fourth-order valence-corrected chi connectivity index (χ4v) is 4.78. The molecular weight excluding hydrogens is 442 g/mol. The molecule has 0 bridgehead atoms. The van der Waals surface area contributed by atoms with E-state index in [1.165, 1.54) is 6.92 Å². The van der Waals surface area contributed by atoms with Gasteiger partial charge >= 0.3 is 0 Å². The number of aliphatic hydroxyl groups is 5. The second-order valence-corrected chi connectivity index (χ2v) is 9.39. The van der Waals surface area contributed by atoms with Crippen molar-refractivity contribution in [1.29, 1.82) is 0 Å². The Kier molecular flexibility index (Phi) is 8.68. The molecule has 33 heavy (non-hydrogen) atoms. The van der Waals surface area contributed by atoms with Crippen LogP contribution in [-0.2, 0) is 18.9 Å². The molecule has 14 nitrogen and oxygen atoms in total. The highest BCUT2D eigenvalue weighted by molar-refractivity contribution is 5.02. The molecule has 2 aliphatic heterocycles. The van der Waals surface area contributed by atoms with Gasteiger partial charge in [0.05, 0.1) is 18.7 Å². The number of hydrogen-bond acceptors (Lipinski definition) is 14. The smallest absolute Gasteiger partial charge is 0.185 e. The summed E-state index contributed by atoms with van der Waals surface area (Å²) in [6.07, 6.45) is -10.5. The van der Waals surface area contributed by atoms with E-state index in [0.29, 0.717) is 0 Å². The molecule has 0 amide bonds. The van der Waals surface area contributed by atoms with Gasteiger partial charge in [0.25, 0.3) is 0 Å². The molecule has 14 atom stereocenters. The van der Waals surface area contributed by atoms with Crippen molar-refractivity contribution in [3.05, 3.63) is 0 Å². The average molecular weight is 482 g/mol. The maximum Gasteiger partial charge on any atom is 0.185 e. The maximum absolute atomic E-state index is 11.0. The Morgan fingerprint density at radius 2 is 1.52 bits per heavy atom. The van der Waals surface area contributed by atoms with Gasteiger partial charge in [0.2, 0.25) is 0 Å². The molecule has 2 saturated heterocycles. The van der Waals surface area contributed by atoms with Crippen molar-refractivity contribution in [2.45, 2.75) is 98.4 Å². The van der Waals surface area contributed by atoms with E-state index in [-0.39, 0.29) is 19.6 Å². The summed E-state index contributed by atoms with van der Waals surface area (Å²) in [5.74, 6) is 0. The summed E-state index contributed by atoms with van der Waals surface area (Å²) in [7, 11) is 1.59. The van der Waals surface area contributed by atoms with Crippen molar-refractivity contribution < 1.29 is 44.5 Å². The van der Waals surface area contributed by atoms with E-state index in [4.69, 9.17) is 41.9 Å². The number of ether oxygens (including phenoxy) is 4. The van der Waals surface area contributed by atoms with E-state index in [9.17, 15) is 25.5 Å². The van der Waals surface area contributed by atoms with E-state index >= 15 is 0 Å². The predicted octanol–water partition coefficient (Wildman–Crippen LogP) is -6.04. The molecule has 0 aromatic rings. The lowest BCUT2D eigenvalue weighted by atomic mass is 9.84. The summed E-state index contributed by atoms with van der Waals surface area (Å²) in [5, 5.41) is 55.2. The van der Waals surface area contributed by atoms with Crippen LogP contribution >= 0.6 is 0 Å². The van der Waals surface area contributed by atoms with Gasteiger partial charge in [0.1, 0.15) is 48.3 Å². The SMILES string of the molecule is CN[C@@H]1[C@H](O)[C@@H](O[C@@H]2[C@H](O)[C@H](O[C@H]3O[C@H](CN)[C@@H](O)[C@@H](O)[C@H]3N)[C@@H](N)C[C@H]2N)OC[C@]1(C)O. The molecular formula is C19H39N5O9. The first-order chi connectivity index (χ1) is 15.4. The zero-order valence-corrected chi connectivity index (χ0v) is 18.8. The fraction of sp³-hybridized carbons (Fsp3) is 1.00. The molecule has 0 spiro atoms. The van der Waals surface area contributed by atoms with Crippen LogP contribution in [0.25, 0.3) is 0 Å². The van der Waals surface area contributed by atoms with Crippen molar-refractivity contribution in [3.8, 4) is 0 Å². The minimum absolute atomic E-state index is 0.0893. The van der Waals surface area contributed by atoms with Crippen LogP contribution in [0.15, 0.2) is 0 Å². The van der Waals surface area contributed by atoms with E-state index in [1.807, 2.05) is 0 Å². The summed E-state index contributed by atoms with van der Waals surface area (Å²) < 4.78 is 22.8. The first kappa shape index (κ1) is 27.0. The molecule has 194 valence electrons. The van der Waals surface area contributed by atoms with Crippen LogP contribution in [0.2, 0.25) is 0 Å². The molecule has 2 heterocycles. The van der Waals surface area contributed by atoms with Crippen LogP contribution in [0.5, 0.6) is 0 Å². The highest BCUT2D eigenvalue weighted by Crippen LogP contribution is 2.31. The summed E-state index contributed by atoms with van der Waals surface area (Å²) in [6.45, 7) is 1.31. The lowest BCUT2D eigenvalue weighted by Crippen LogP contribution is -2.69. The van der Waals surface area contributed by atoms with E-state index in [1.54, 1.807) is 7.05 Å². The lowest BCUT2D eigenvalue weighted by molar-refractivity contribution is -0.314. The van der Waals surface area contributed by atoms with Gasteiger partial charge in [-0.25, -0.2) is 0 Å². The van der Waals surface area contributed by atoms with Gasteiger partial charge in [-0.2, -0.15) is 0 Å². The zero-order valence-electron chi connectivity index (χ0n) is 18.8. The number of rotatable bonds is 6. The van der Waals surface area contributed by atoms with Gasteiger partial charge in [-0.15, -0.1) is 0 Å². The van der Waals surface area contributed by atoms with Gasteiger partial charge in [-0.05, 0) is 20.4 Å². The topological polar surface area (TPSA) is 254 Å². The number of nitrogens with one attached hydrogen (secondary N) is 1. The molecule has 0 radical (unpaired) electrons. The molecule has 3 fully saturated rings. The van der Waals surface area contributed by atoms with Gasteiger partial charge in [0.15, 0.2) is 12.6 Å². The third-order valence-electron chi connectivity index (χ3n) is 6.77. The fourth-order valence-electron chi connectivity index (χ4n) is 4.78. The molecule has 1 saturated carbocycles. The van der Waals surface area contributed by atoms with E-state index < -0.39 is 85.1 Å². The largest absolute Gasteiger partial charge is 0.388 e. The predicted molar refractivity (Wildman–Crippen MR) is 113 cm³/mol. The second kappa shape index (κ2) is 10.6. The Balaban J connectivity index is 1.71. The minimum Gasteiger partial charge on any atom is -0.388 e. The Bertz CT molecular complexity index is 647. The highest BCUT2D eigenvalue weighted by atomic mass is 16.7. The number of aliphatic hydroxyl groups excluding tert-OH is 4. The van der Waals surface area contributed by atoms with Gasteiger partial charge in [-0.3, -0.25) is 0 Å². The molecule has 3 rings (SSSR count). The molecule has 3 aliphatic rings. The zero-order chi connectivity index (χ0) is 24.7. The maximum atomic E-state index is 11.0. The van der Waals surface area contributed by atoms with Crippen molar-refractivity contribution in [2.75, 3.05) is 20.2 Å². The van der Waals surface area contributed by atoms with Crippen LogP contribution in [0.1, 0.15) is 13.3 Å². The van der Waals surface area contributed by atoms with E-state index in [0.717, 1.165) is 0 Å². The molecule has 1 aliphatic carbocycles. The Hall–Kier alpha value is -0.560. The lowest BCUT2D eigenvalue weighted by Gasteiger charge is -2.49. The molecule has 14 heteroatoms. The summed E-state index contributed by atoms with van der Waals surface area (Å²) in [4.78, 5) is 0. The number of nitrogens with two attached hydrogens (primary N) is 4. The first-order valence-electron chi connectivity index (χ1n) is 11.1. The normalized spacial score (nSPS) is 53.7. The second-order valence-electron chi connectivity index (χ2n) is 9.39. The minimum atomic E-state index is -1.37. The molecule has 0 unspecified atom stereocenters. The Labute approximate surface area is 192 Å². The van der Waals surface area contributed by atoms with Gasteiger partial charge < -0.3 is 72.7 Å². The van der Waals surface area contributed by atoms with Crippen LogP contribution in [0, 0.1) is 0 Å². The standard InChI is InChI=1S/C19H39N5O9/c1-19(29)5-30-18(13(28)16(19)24-2)33-15-7(22)3-6(21)14(12(15)27)32-17-9(23)11(26)10(25)8(4-20)31-17/h6-18,24-29H,3-5,20-23H2,1-2H3/t6-,7+,8+,9+,10+,11-,12+,13-,14+,15-,16+,17+,18+,19-/m0/s1. The molecule has 14 N–H and O–H groups in total. The van der Waals surface area contributed by atoms with Crippen LogP contribution in [-0.4, -0.2) is 131 Å². The Morgan fingerprint density at radius 1 is 0.939 bits per heavy atom. The van der Waals surface area contributed by atoms with Gasteiger partial charge in [-0.1, -0.05) is 0 Å². The number of hydrogen-bond donors (Lipinski definition) is 10. The highest BCUT2D eigenvalue weighted by Gasteiger charge is 2.51. The quantitative estimate of drug-likeness (QED) is 0.169. The summed E-state index contributed by atoms with van der Waals surface area (Å²) in [6, 6.07) is -3.32. The third kappa shape index (κ3) is 5.34. The van der Waals surface area contributed by atoms with Crippen molar-refractivity contribution in [3.63, 3.8) is 0 Å². The first-order valence-corrected chi connectivity index (χ1v) is 11.1. The van der Waals surface area contributed by atoms with Crippen LogP contribution in [0.4, 0.5) is 0 Å². The third-order valence-corrected chi connectivity index (χ3v) is 6.77. The van der Waals surface area contributed by atoms with Crippen molar-refractivity contribution in [2.24, 2.45) is 22.9 Å².